The van der Waals surface area contributed by atoms with Crippen LogP contribution in [0.3, 0.4) is 0 Å². The highest BCUT2D eigenvalue weighted by Crippen LogP contribution is 2.31. The molecule has 66 heavy (non-hydrogen) atoms. The van der Waals surface area contributed by atoms with Gasteiger partial charge in [0.05, 0.1) is 37.0 Å². The predicted octanol–water partition coefficient (Wildman–Crippen LogP) is 11.1. The molecule has 5 aromatic carbocycles. The number of hydrogen-bond donors (Lipinski definition) is 4. The van der Waals surface area contributed by atoms with E-state index in [1.54, 1.807) is 36.4 Å². The molecule has 0 saturated heterocycles. The summed E-state index contributed by atoms with van der Waals surface area (Å²) < 4.78 is 10.7. The van der Waals surface area contributed by atoms with E-state index in [-0.39, 0.29) is 61.6 Å². The zero-order valence-corrected chi connectivity index (χ0v) is 39.2. The number of carbonyl (C=O) groups is 6. The van der Waals surface area contributed by atoms with E-state index in [0.717, 1.165) is 25.0 Å². The topological polar surface area (TPSA) is 218 Å². The third kappa shape index (κ3) is 13.6. The zero-order valence-electron chi connectivity index (χ0n) is 35.4. The molecule has 5 rings (SSSR count). The summed E-state index contributed by atoms with van der Waals surface area (Å²) in [6.45, 7) is 2.30. The Kier molecular flexibility index (Phi) is 18.1. The second kappa shape index (κ2) is 23.7. The van der Waals surface area contributed by atoms with E-state index in [2.05, 4.69) is 41.7 Å². The minimum atomic E-state index is -1.63. The van der Waals surface area contributed by atoms with Crippen LogP contribution in [0.4, 0.5) is 34.1 Å². The first-order chi connectivity index (χ1) is 31.5. The number of anilines is 4. The van der Waals surface area contributed by atoms with Crippen LogP contribution in [0.5, 0.6) is 11.5 Å². The number of carbonyl (C=O) groups excluding carboxylic acids is 6. The van der Waals surface area contributed by atoms with Crippen LogP contribution in [0.1, 0.15) is 51.3 Å². The Bertz CT molecular complexity index is 2750. The fourth-order valence-electron chi connectivity index (χ4n) is 5.99. The molecular weight excluding hydrogens is 958 g/mol. The number of amides is 4. The summed E-state index contributed by atoms with van der Waals surface area (Å²) in [4.78, 5) is 78.5. The summed E-state index contributed by atoms with van der Waals surface area (Å²) in [6, 6.07) is 19.5. The predicted molar refractivity (Wildman–Crippen MR) is 255 cm³/mol. The molecule has 2 unspecified atom stereocenters. The zero-order chi connectivity index (χ0) is 48.1. The third-order valence-corrected chi connectivity index (χ3v) is 10.6. The molecule has 21 heteroatoms. The van der Waals surface area contributed by atoms with Gasteiger partial charge < -0.3 is 30.7 Å². The Balaban J connectivity index is 1.27. The first-order valence-electron chi connectivity index (χ1n) is 19.4. The number of Topliss-reactive ketones (excluding diaryl/α,β-unsaturated/α-hetero) is 2. The Morgan fingerprint density at radius 1 is 0.530 bits per heavy atom. The quantitative estimate of drug-likeness (QED) is 0.0353. The Morgan fingerprint density at radius 3 is 1.39 bits per heavy atom. The van der Waals surface area contributed by atoms with Crippen molar-refractivity contribution in [2.45, 2.75) is 43.6 Å². The van der Waals surface area contributed by atoms with Crippen molar-refractivity contribution in [2.75, 3.05) is 35.5 Å². The molecule has 0 aliphatic carbocycles. The van der Waals surface area contributed by atoms with Crippen molar-refractivity contribution in [2.24, 2.45) is 20.5 Å². The van der Waals surface area contributed by atoms with E-state index in [9.17, 15) is 28.8 Å². The van der Waals surface area contributed by atoms with Crippen LogP contribution in [-0.2, 0) is 36.8 Å². The van der Waals surface area contributed by atoms with Crippen molar-refractivity contribution in [1.82, 2.24) is 0 Å². The van der Waals surface area contributed by atoms with Crippen LogP contribution in [0.15, 0.2) is 111 Å². The number of nitrogens with zero attached hydrogens (tertiary/aromatic N) is 4. The normalized spacial score (nSPS) is 12.0. The number of rotatable bonds is 19. The van der Waals surface area contributed by atoms with Crippen LogP contribution >= 0.6 is 58.0 Å². The average molecular weight is 997 g/mol. The van der Waals surface area contributed by atoms with Crippen LogP contribution in [0.25, 0.3) is 0 Å². The van der Waals surface area contributed by atoms with Gasteiger partial charge in [-0.05, 0) is 109 Å². The number of alkyl halides is 3. The molecule has 0 fully saturated rings. The van der Waals surface area contributed by atoms with Gasteiger partial charge in [0.2, 0.25) is 12.1 Å². The number of methoxy groups -OCH3 is 2. The van der Waals surface area contributed by atoms with Crippen molar-refractivity contribution in [3.63, 3.8) is 0 Å². The summed E-state index contributed by atoms with van der Waals surface area (Å²) in [5, 5.41) is 27.0. The lowest BCUT2D eigenvalue weighted by Gasteiger charge is -2.15. The van der Waals surface area contributed by atoms with Gasteiger partial charge in [0.15, 0.2) is 11.6 Å². The van der Waals surface area contributed by atoms with Gasteiger partial charge in [-0.25, -0.2) is 0 Å². The highest BCUT2D eigenvalue weighted by molar-refractivity contribution is 6.32. The third-order valence-electron chi connectivity index (χ3n) is 9.24. The van der Waals surface area contributed by atoms with Gasteiger partial charge >= 0.3 is 0 Å². The molecule has 0 saturated carbocycles. The van der Waals surface area contributed by atoms with Crippen molar-refractivity contribution in [3.05, 3.63) is 129 Å². The van der Waals surface area contributed by atoms with Crippen LogP contribution < -0.4 is 30.7 Å². The lowest BCUT2D eigenvalue weighted by atomic mass is 10.1. The Hall–Kier alpha value is -6.43. The van der Waals surface area contributed by atoms with Crippen LogP contribution in [0, 0.1) is 0 Å². The maximum Gasteiger partial charge on any atom is 0.258 e. The fourth-order valence-corrected chi connectivity index (χ4v) is 7.00. The van der Waals surface area contributed by atoms with Gasteiger partial charge in [0, 0.05) is 50.2 Å². The first kappa shape index (κ1) is 50.6. The molecule has 342 valence electrons. The van der Waals surface area contributed by atoms with Gasteiger partial charge in [-0.15, -0.1) is 34.8 Å². The van der Waals surface area contributed by atoms with E-state index in [1.165, 1.54) is 68.8 Å². The van der Waals surface area contributed by atoms with E-state index >= 15 is 0 Å². The summed E-state index contributed by atoms with van der Waals surface area (Å²) in [7, 11) is 2.91. The summed E-state index contributed by atoms with van der Waals surface area (Å²) in [5.74, 6) is -3.09. The number of benzene rings is 5. The van der Waals surface area contributed by atoms with Crippen molar-refractivity contribution in [3.8, 4) is 11.5 Å². The van der Waals surface area contributed by atoms with Gasteiger partial charge in [-0.2, -0.15) is 20.5 Å². The maximum atomic E-state index is 13.4. The molecule has 0 bridgehead atoms. The van der Waals surface area contributed by atoms with Crippen LogP contribution in [0.2, 0.25) is 10.0 Å². The number of azo groups is 2. The molecule has 0 aromatic heterocycles. The highest BCUT2D eigenvalue weighted by Gasteiger charge is 2.26. The molecule has 0 heterocycles. The van der Waals surface area contributed by atoms with Crippen LogP contribution in [-0.4, -0.2) is 61.5 Å². The number of ether oxygens (including phenoxy) is 2. The lowest BCUT2D eigenvalue weighted by Crippen LogP contribution is -2.32. The van der Waals surface area contributed by atoms with Crippen molar-refractivity contribution >= 4 is 127 Å². The molecule has 4 amide bonds. The van der Waals surface area contributed by atoms with Crippen molar-refractivity contribution < 1.29 is 38.2 Å². The van der Waals surface area contributed by atoms with Crippen molar-refractivity contribution in [1.29, 1.82) is 0 Å². The fraction of sp³-hybridized carbons (Fsp3) is 0.200. The molecule has 0 spiro atoms. The number of nitrogens with one attached hydrogen (secondary N) is 4. The Morgan fingerprint density at radius 2 is 0.985 bits per heavy atom. The lowest BCUT2D eigenvalue weighted by molar-refractivity contribution is -0.127. The number of hydrogen-bond acceptors (Lipinski definition) is 12. The second-order valence-corrected chi connectivity index (χ2v) is 15.8. The summed E-state index contributed by atoms with van der Waals surface area (Å²) in [5.41, 5.74) is 3.25. The first-order valence-corrected chi connectivity index (χ1v) is 21.7. The SMILES string of the molecule is COc1ccc(CCl)cc1NC(=O)c1cc(Cl)cc(N=NC(C(C)=O)C(=O)Nc2ccc(NC(=O)C(N=Nc3cc(Cl)cc(C(=O)Nc4cc(CCl)ccc4OC)c3)C(C)=O)c(CCl)c2)c1. The summed E-state index contributed by atoms with van der Waals surface area (Å²) >= 11 is 30.7. The maximum absolute atomic E-state index is 13.4. The van der Waals surface area contributed by atoms with E-state index in [1.807, 2.05) is 0 Å². The molecule has 16 nitrogen and oxygen atoms in total. The molecular formula is C45H39Cl5N8O8. The number of ketones is 2. The van der Waals surface area contributed by atoms with E-state index < -0.39 is 47.3 Å². The molecule has 4 N–H and O–H groups in total. The standard InChI is InChI=1S/C45H39Cl5N8O8/c1-23(59)40(57-55-33-15-27(13-30(49)18-33)42(61)53-36-11-25(20-46)5-9-38(36)65-3)44(63)51-32-7-8-35(29(17-32)22-48)52-45(64)41(24(2)60)58-56-34-16-28(14-31(50)19-34)43(62)54-37-12-26(21-47)6-10-39(37)66-4/h5-19,40-41H,20-22H2,1-4H3,(H,51,63)(H,52,64)(H,53,61)(H,54,62). The Labute approximate surface area is 403 Å². The van der Waals surface area contributed by atoms with Gasteiger partial charge in [-0.1, -0.05) is 35.3 Å². The number of halogens is 5. The van der Waals surface area contributed by atoms with E-state index in [4.69, 9.17) is 67.5 Å². The van der Waals surface area contributed by atoms with Gasteiger partial charge in [0.1, 0.15) is 11.5 Å². The second-order valence-electron chi connectivity index (χ2n) is 14.1. The smallest absolute Gasteiger partial charge is 0.258 e. The average Bonchev–Trinajstić information content (AvgIpc) is 3.28. The molecule has 0 radical (unpaired) electrons. The monoisotopic (exact) mass is 994 g/mol. The molecule has 0 aliphatic heterocycles. The molecule has 0 aliphatic rings. The molecule has 2 atom stereocenters. The largest absolute Gasteiger partial charge is 0.495 e. The minimum Gasteiger partial charge on any atom is -0.495 e. The summed E-state index contributed by atoms with van der Waals surface area (Å²) in [6.07, 6.45) is 0. The minimum absolute atomic E-state index is 0.0739. The van der Waals surface area contributed by atoms with E-state index in [0.29, 0.717) is 28.4 Å². The van der Waals surface area contributed by atoms with Gasteiger partial charge in [0.25, 0.3) is 23.6 Å². The van der Waals surface area contributed by atoms with Gasteiger partial charge in [-0.3, -0.25) is 28.8 Å². The molecule has 5 aromatic rings. The highest BCUT2D eigenvalue weighted by atomic mass is 35.5.